The molecule has 0 fully saturated rings. The van der Waals surface area contributed by atoms with E-state index in [1.54, 1.807) is 42.5 Å². The van der Waals surface area contributed by atoms with Crippen LogP contribution in [-0.2, 0) is 9.53 Å². The molecule has 0 aliphatic rings. The highest BCUT2D eigenvalue weighted by molar-refractivity contribution is 6.30. The summed E-state index contributed by atoms with van der Waals surface area (Å²) in [6, 6.07) is 11.5. The van der Waals surface area contributed by atoms with Crippen LogP contribution in [-0.4, -0.2) is 32.2 Å². The molecule has 0 bridgehead atoms. The second-order valence-corrected chi connectivity index (χ2v) is 5.52. The van der Waals surface area contributed by atoms with Gasteiger partial charge in [0.2, 0.25) is 0 Å². The molecule has 0 aliphatic heterocycles. The number of esters is 1. The molecule has 1 amide bonds. The molecule has 7 heteroatoms. The first-order valence-electron chi connectivity index (χ1n) is 7.44. The van der Waals surface area contributed by atoms with Crippen LogP contribution < -0.4 is 14.8 Å². The number of carbonyl (C=O) groups is 2. The summed E-state index contributed by atoms with van der Waals surface area (Å²) in [5.41, 5.74) is 0.672. The zero-order valence-electron chi connectivity index (χ0n) is 14.0. The number of carbonyl (C=O) groups excluding carboxylic acids is 2. The van der Waals surface area contributed by atoms with E-state index in [0.29, 0.717) is 22.2 Å². The van der Waals surface area contributed by atoms with Gasteiger partial charge < -0.3 is 19.5 Å². The molecule has 2 aromatic carbocycles. The molecule has 1 atom stereocenters. The Morgan fingerprint density at radius 2 is 1.56 bits per heavy atom. The number of hydrogen-bond donors (Lipinski definition) is 1. The predicted molar refractivity (Wildman–Crippen MR) is 94.5 cm³/mol. The molecule has 132 valence electrons. The molecule has 1 N–H and O–H groups in total. The van der Waals surface area contributed by atoms with Gasteiger partial charge in [-0.25, -0.2) is 4.79 Å². The molecular weight excluding hydrogens is 346 g/mol. The lowest BCUT2D eigenvalue weighted by molar-refractivity contribution is -0.123. The van der Waals surface area contributed by atoms with Crippen molar-refractivity contribution in [3.05, 3.63) is 53.1 Å². The highest BCUT2D eigenvalue weighted by atomic mass is 35.5. The minimum Gasteiger partial charge on any atom is -0.496 e. The second kappa shape index (κ2) is 8.39. The summed E-state index contributed by atoms with van der Waals surface area (Å²) in [5.74, 6) is -0.582. The number of benzene rings is 2. The van der Waals surface area contributed by atoms with Crippen LogP contribution in [0.1, 0.15) is 17.3 Å². The summed E-state index contributed by atoms with van der Waals surface area (Å²) in [6.07, 6.45) is -1.02. The monoisotopic (exact) mass is 363 g/mol. The van der Waals surface area contributed by atoms with E-state index in [9.17, 15) is 9.59 Å². The van der Waals surface area contributed by atoms with E-state index in [4.69, 9.17) is 25.8 Å². The summed E-state index contributed by atoms with van der Waals surface area (Å²) in [7, 11) is 2.87. The summed E-state index contributed by atoms with van der Waals surface area (Å²) in [5, 5.41) is 3.20. The van der Waals surface area contributed by atoms with E-state index in [0.717, 1.165) is 0 Å². The third kappa shape index (κ3) is 4.64. The van der Waals surface area contributed by atoms with Crippen LogP contribution in [0.4, 0.5) is 5.69 Å². The fraction of sp³-hybridized carbons (Fsp3) is 0.222. The van der Waals surface area contributed by atoms with Crippen molar-refractivity contribution >= 4 is 29.2 Å². The Morgan fingerprint density at radius 1 is 1.00 bits per heavy atom. The standard InChI is InChI=1S/C18H18ClNO5/c1-11(17(21)20-13-9-7-12(19)8-10-13)25-18(22)16-14(23-2)5-4-6-15(16)24-3/h4-11H,1-3H3,(H,20,21)/t11-/m1/s1. The molecule has 6 nitrogen and oxygen atoms in total. The summed E-state index contributed by atoms with van der Waals surface area (Å²) in [6.45, 7) is 1.48. The van der Waals surface area contributed by atoms with Crippen molar-refractivity contribution in [1.29, 1.82) is 0 Å². The van der Waals surface area contributed by atoms with E-state index >= 15 is 0 Å². The Bertz CT molecular complexity index is 738. The van der Waals surface area contributed by atoms with Gasteiger partial charge in [-0.3, -0.25) is 4.79 Å². The topological polar surface area (TPSA) is 73.9 Å². The Kier molecular flexibility index (Phi) is 6.25. The largest absolute Gasteiger partial charge is 0.496 e. The van der Waals surface area contributed by atoms with Crippen LogP contribution in [0.3, 0.4) is 0 Å². The maximum absolute atomic E-state index is 12.4. The summed E-state index contributed by atoms with van der Waals surface area (Å²) in [4.78, 5) is 24.6. The van der Waals surface area contributed by atoms with E-state index < -0.39 is 18.0 Å². The maximum atomic E-state index is 12.4. The van der Waals surface area contributed by atoms with E-state index in [-0.39, 0.29) is 5.56 Å². The van der Waals surface area contributed by atoms with Crippen LogP contribution in [0.5, 0.6) is 11.5 Å². The molecule has 25 heavy (non-hydrogen) atoms. The number of rotatable bonds is 6. The average molecular weight is 364 g/mol. The van der Waals surface area contributed by atoms with Gasteiger partial charge in [-0.1, -0.05) is 17.7 Å². The van der Waals surface area contributed by atoms with Gasteiger partial charge in [0.05, 0.1) is 14.2 Å². The van der Waals surface area contributed by atoms with Gasteiger partial charge in [0.25, 0.3) is 5.91 Å². The van der Waals surface area contributed by atoms with Crippen molar-refractivity contribution in [1.82, 2.24) is 0 Å². The van der Waals surface area contributed by atoms with Crippen molar-refractivity contribution < 1.29 is 23.8 Å². The third-order valence-corrected chi connectivity index (χ3v) is 3.65. The summed E-state index contributed by atoms with van der Waals surface area (Å²) >= 11 is 5.80. The smallest absolute Gasteiger partial charge is 0.346 e. The first kappa shape index (κ1) is 18.6. The number of anilines is 1. The average Bonchev–Trinajstić information content (AvgIpc) is 2.62. The Morgan fingerprint density at radius 3 is 2.08 bits per heavy atom. The van der Waals surface area contributed by atoms with Crippen molar-refractivity contribution in [3.63, 3.8) is 0 Å². The lowest BCUT2D eigenvalue weighted by Crippen LogP contribution is -2.30. The van der Waals surface area contributed by atoms with E-state index in [2.05, 4.69) is 5.32 Å². The number of halogens is 1. The fourth-order valence-corrected chi connectivity index (χ4v) is 2.23. The molecule has 0 heterocycles. The van der Waals surface area contributed by atoms with Gasteiger partial charge in [-0.2, -0.15) is 0 Å². The van der Waals surface area contributed by atoms with E-state index in [1.165, 1.54) is 21.1 Å². The third-order valence-electron chi connectivity index (χ3n) is 3.40. The molecular formula is C18H18ClNO5. The van der Waals surface area contributed by atoms with Crippen LogP contribution in [0.25, 0.3) is 0 Å². The SMILES string of the molecule is COc1cccc(OC)c1C(=O)O[C@H](C)C(=O)Nc1ccc(Cl)cc1. The molecule has 0 saturated heterocycles. The molecule has 0 radical (unpaired) electrons. The van der Waals surface area contributed by atoms with Gasteiger partial charge in [0.15, 0.2) is 6.10 Å². The number of nitrogens with one attached hydrogen (secondary N) is 1. The maximum Gasteiger partial charge on any atom is 0.346 e. The van der Waals surface area contributed by atoms with Crippen molar-refractivity contribution in [3.8, 4) is 11.5 Å². The van der Waals surface area contributed by atoms with Gasteiger partial charge in [-0.05, 0) is 43.3 Å². The van der Waals surface area contributed by atoms with E-state index in [1.807, 2.05) is 0 Å². The minimum atomic E-state index is -1.02. The molecule has 0 unspecified atom stereocenters. The Labute approximate surface area is 150 Å². The molecule has 2 rings (SSSR count). The minimum absolute atomic E-state index is 0.124. The zero-order chi connectivity index (χ0) is 18.4. The lowest BCUT2D eigenvalue weighted by atomic mass is 10.1. The fourth-order valence-electron chi connectivity index (χ4n) is 2.10. The van der Waals surface area contributed by atoms with Gasteiger partial charge in [0, 0.05) is 10.7 Å². The van der Waals surface area contributed by atoms with Gasteiger partial charge in [-0.15, -0.1) is 0 Å². The van der Waals surface area contributed by atoms with Gasteiger partial charge >= 0.3 is 5.97 Å². The first-order chi connectivity index (χ1) is 12.0. The second-order valence-electron chi connectivity index (χ2n) is 5.08. The number of ether oxygens (including phenoxy) is 3. The molecule has 0 spiro atoms. The zero-order valence-corrected chi connectivity index (χ0v) is 14.8. The number of hydrogen-bond acceptors (Lipinski definition) is 5. The normalized spacial score (nSPS) is 11.4. The molecule has 0 aliphatic carbocycles. The van der Waals surface area contributed by atoms with Crippen LogP contribution >= 0.6 is 11.6 Å². The van der Waals surface area contributed by atoms with Crippen LogP contribution in [0.15, 0.2) is 42.5 Å². The van der Waals surface area contributed by atoms with Crippen molar-refractivity contribution in [2.24, 2.45) is 0 Å². The highest BCUT2D eigenvalue weighted by Gasteiger charge is 2.24. The Hall–Kier alpha value is -2.73. The van der Waals surface area contributed by atoms with Crippen molar-refractivity contribution in [2.45, 2.75) is 13.0 Å². The molecule has 2 aromatic rings. The van der Waals surface area contributed by atoms with Crippen LogP contribution in [0.2, 0.25) is 5.02 Å². The van der Waals surface area contributed by atoms with Crippen LogP contribution in [0, 0.1) is 0 Å². The number of amides is 1. The predicted octanol–water partition coefficient (Wildman–Crippen LogP) is 3.54. The highest BCUT2D eigenvalue weighted by Crippen LogP contribution is 2.29. The van der Waals surface area contributed by atoms with Crippen molar-refractivity contribution in [2.75, 3.05) is 19.5 Å². The Balaban J connectivity index is 2.09. The number of methoxy groups -OCH3 is 2. The van der Waals surface area contributed by atoms with Gasteiger partial charge in [0.1, 0.15) is 17.1 Å². The quantitative estimate of drug-likeness (QED) is 0.794. The lowest BCUT2D eigenvalue weighted by Gasteiger charge is -2.16. The molecule has 0 saturated carbocycles. The summed E-state index contributed by atoms with van der Waals surface area (Å²) < 4.78 is 15.6. The first-order valence-corrected chi connectivity index (χ1v) is 7.82. The molecule has 0 aromatic heterocycles.